The molecule has 2 heterocycles. The zero-order valence-corrected chi connectivity index (χ0v) is 13.8. The van der Waals surface area contributed by atoms with Crippen LogP contribution in [0.1, 0.15) is 13.8 Å². The van der Waals surface area contributed by atoms with Crippen LogP contribution in [0.4, 0.5) is 5.00 Å². The van der Waals surface area contributed by atoms with Crippen LogP contribution in [-0.4, -0.2) is 50.2 Å². The second-order valence-electron chi connectivity index (χ2n) is 5.51. The van der Waals surface area contributed by atoms with Crippen molar-refractivity contribution in [1.29, 1.82) is 0 Å². The number of halogens is 1. The van der Waals surface area contributed by atoms with Crippen molar-refractivity contribution in [3.05, 3.63) is 15.9 Å². The van der Waals surface area contributed by atoms with Crippen molar-refractivity contribution in [1.82, 2.24) is 10.2 Å². The lowest BCUT2D eigenvalue weighted by Crippen LogP contribution is -2.57. The Bertz CT molecular complexity index is 385. The molecule has 0 radical (unpaired) electrons. The quantitative estimate of drug-likeness (QED) is 0.914. The van der Waals surface area contributed by atoms with Gasteiger partial charge in [-0.05, 0) is 35.8 Å². The standard InChI is InChI=1S/C13H22BrN3S/c1-13(2,17-6-4-15-5-7-17)10-16(3)12-8-11(14)9-18-12/h8-9,15H,4-7,10H2,1-3H3. The fourth-order valence-corrected chi connectivity index (χ4v) is 3.92. The minimum Gasteiger partial charge on any atom is -0.365 e. The Labute approximate surface area is 122 Å². The second kappa shape index (κ2) is 5.90. The van der Waals surface area contributed by atoms with Gasteiger partial charge in [0.05, 0.1) is 5.00 Å². The average molecular weight is 332 g/mol. The van der Waals surface area contributed by atoms with E-state index in [9.17, 15) is 0 Å². The molecule has 18 heavy (non-hydrogen) atoms. The summed E-state index contributed by atoms with van der Waals surface area (Å²) in [6.07, 6.45) is 0. The van der Waals surface area contributed by atoms with Crippen molar-refractivity contribution >= 4 is 32.3 Å². The maximum atomic E-state index is 3.52. The summed E-state index contributed by atoms with van der Waals surface area (Å²) in [6, 6.07) is 2.19. The maximum Gasteiger partial charge on any atom is 0.0918 e. The predicted molar refractivity (Wildman–Crippen MR) is 83.8 cm³/mol. The number of thiophene rings is 1. The minimum absolute atomic E-state index is 0.216. The molecule has 2 rings (SSSR count). The molecule has 0 unspecified atom stereocenters. The van der Waals surface area contributed by atoms with Gasteiger partial charge in [0.25, 0.3) is 0 Å². The molecule has 1 aliphatic rings. The van der Waals surface area contributed by atoms with Crippen LogP contribution in [-0.2, 0) is 0 Å². The molecule has 1 N–H and O–H groups in total. The first kappa shape index (κ1) is 14.3. The van der Waals surface area contributed by atoms with Gasteiger partial charge >= 0.3 is 0 Å². The zero-order valence-electron chi connectivity index (χ0n) is 11.4. The monoisotopic (exact) mass is 331 g/mol. The highest BCUT2D eigenvalue weighted by atomic mass is 79.9. The van der Waals surface area contributed by atoms with E-state index in [-0.39, 0.29) is 5.54 Å². The second-order valence-corrected chi connectivity index (χ2v) is 7.31. The van der Waals surface area contributed by atoms with Gasteiger partial charge in [-0.25, -0.2) is 0 Å². The molecule has 5 heteroatoms. The highest BCUT2D eigenvalue weighted by Gasteiger charge is 2.29. The van der Waals surface area contributed by atoms with Crippen molar-refractivity contribution in [3.63, 3.8) is 0 Å². The Morgan fingerprint density at radius 1 is 1.44 bits per heavy atom. The van der Waals surface area contributed by atoms with Crippen molar-refractivity contribution in [3.8, 4) is 0 Å². The lowest BCUT2D eigenvalue weighted by atomic mass is 10.0. The summed E-state index contributed by atoms with van der Waals surface area (Å²) < 4.78 is 1.18. The third kappa shape index (κ3) is 3.47. The van der Waals surface area contributed by atoms with E-state index in [4.69, 9.17) is 0 Å². The summed E-state index contributed by atoms with van der Waals surface area (Å²) in [7, 11) is 2.18. The number of anilines is 1. The van der Waals surface area contributed by atoms with E-state index in [1.807, 2.05) is 0 Å². The lowest BCUT2D eigenvalue weighted by molar-refractivity contribution is 0.109. The lowest BCUT2D eigenvalue weighted by Gasteiger charge is -2.43. The van der Waals surface area contributed by atoms with Crippen molar-refractivity contribution in [2.75, 3.05) is 44.7 Å². The fourth-order valence-electron chi connectivity index (χ4n) is 2.53. The van der Waals surface area contributed by atoms with Gasteiger partial charge in [0.15, 0.2) is 0 Å². The van der Waals surface area contributed by atoms with E-state index in [1.54, 1.807) is 11.3 Å². The van der Waals surface area contributed by atoms with Crippen LogP contribution < -0.4 is 10.2 Å². The fraction of sp³-hybridized carbons (Fsp3) is 0.692. The summed E-state index contributed by atoms with van der Waals surface area (Å²) in [5.74, 6) is 0. The molecule has 1 fully saturated rings. The van der Waals surface area contributed by atoms with Crippen LogP contribution in [0.3, 0.4) is 0 Å². The number of likely N-dealkylation sites (N-methyl/N-ethyl adjacent to an activating group) is 1. The van der Waals surface area contributed by atoms with Crippen LogP contribution in [0.5, 0.6) is 0 Å². The first-order chi connectivity index (χ1) is 8.49. The molecule has 1 aliphatic heterocycles. The van der Waals surface area contributed by atoms with E-state index in [2.05, 4.69) is 63.4 Å². The molecular weight excluding hydrogens is 310 g/mol. The smallest absolute Gasteiger partial charge is 0.0918 e. The normalized spacial score (nSPS) is 18.0. The molecule has 3 nitrogen and oxygen atoms in total. The number of hydrogen-bond acceptors (Lipinski definition) is 4. The Balaban J connectivity index is 1.98. The summed E-state index contributed by atoms with van der Waals surface area (Å²) in [4.78, 5) is 4.94. The third-order valence-corrected chi connectivity index (χ3v) is 5.33. The van der Waals surface area contributed by atoms with Gasteiger partial charge in [0, 0.05) is 55.2 Å². The number of rotatable bonds is 4. The Morgan fingerprint density at radius 3 is 2.67 bits per heavy atom. The highest BCUT2D eigenvalue weighted by Crippen LogP contribution is 2.29. The van der Waals surface area contributed by atoms with Crippen LogP contribution in [0, 0.1) is 0 Å². The molecule has 0 aromatic carbocycles. The summed E-state index contributed by atoms with van der Waals surface area (Å²) in [5, 5.41) is 6.88. The van der Waals surface area contributed by atoms with Gasteiger partial charge in [-0.3, -0.25) is 4.90 Å². The van der Waals surface area contributed by atoms with E-state index in [0.29, 0.717) is 0 Å². The van der Waals surface area contributed by atoms with Gasteiger partial charge < -0.3 is 10.2 Å². The maximum absolute atomic E-state index is 3.52. The molecule has 0 aliphatic carbocycles. The number of nitrogens with one attached hydrogen (secondary N) is 1. The molecule has 0 amide bonds. The topological polar surface area (TPSA) is 18.5 Å². The Hall–Kier alpha value is -0.100. The summed E-state index contributed by atoms with van der Waals surface area (Å²) >= 11 is 5.31. The van der Waals surface area contributed by atoms with Crippen LogP contribution in [0.15, 0.2) is 15.9 Å². The predicted octanol–water partition coefficient (Wildman–Crippen LogP) is 2.63. The molecule has 1 aromatic rings. The first-order valence-corrected chi connectivity index (χ1v) is 8.07. The number of hydrogen-bond donors (Lipinski definition) is 1. The van der Waals surface area contributed by atoms with Gasteiger partial charge in [-0.15, -0.1) is 11.3 Å². The van der Waals surface area contributed by atoms with Crippen LogP contribution in [0.25, 0.3) is 0 Å². The van der Waals surface area contributed by atoms with Crippen molar-refractivity contribution in [2.24, 2.45) is 0 Å². The number of nitrogens with zero attached hydrogens (tertiary/aromatic N) is 2. The van der Waals surface area contributed by atoms with Gasteiger partial charge in [-0.2, -0.15) is 0 Å². The minimum atomic E-state index is 0.216. The average Bonchev–Trinajstić information content (AvgIpc) is 2.77. The highest BCUT2D eigenvalue weighted by molar-refractivity contribution is 9.10. The van der Waals surface area contributed by atoms with E-state index < -0.39 is 0 Å². The van der Waals surface area contributed by atoms with Gasteiger partial charge in [0.1, 0.15) is 0 Å². The summed E-state index contributed by atoms with van der Waals surface area (Å²) in [5.41, 5.74) is 0.216. The van der Waals surface area contributed by atoms with E-state index in [1.165, 1.54) is 9.47 Å². The van der Waals surface area contributed by atoms with Crippen molar-refractivity contribution in [2.45, 2.75) is 19.4 Å². The molecule has 102 valence electrons. The molecule has 0 spiro atoms. The van der Waals surface area contributed by atoms with Gasteiger partial charge in [0.2, 0.25) is 0 Å². The molecule has 1 aromatic heterocycles. The Morgan fingerprint density at radius 2 is 2.11 bits per heavy atom. The van der Waals surface area contributed by atoms with Crippen LogP contribution >= 0.6 is 27.3 Å². The van der Waals surface area contributed by atoms with Crippen LogP contribution in [0.2, 0.25) is 0 Å². The Kier molecular flexibility index (Phi) is 4.69. The number of piperazine rings is 1. The molecular formula is C13H22BrN3S. The molecule has 0 atom stereocenters. The molecule has 0 saturated carbocycles. The third-order valence-electron chi connectivity index (χ3n) is 3.53. The zero-order chi connectivity index (χ0) is 13.2. The molecule has 1 saturated heterocycles. The van der Waals surface area contributed by atoms with Crippen molar-refractivity contribution < 1.29 is 0 Å². The van der Waals surface area contributed by atoms with E-state index in [0.717, 1.165) is 32.7 Å². The largest absolute Gasteiger partial charge is 0.365 e. The van der Waals surface area contributed by atoms with Gasteiger partial charge in [-0.1, -0.05) is 0 Å². The van der Waals surface area contributed by atoms with E-state index >= 15 is 0 Å². The SMILES string of the molecule is CN(CC(C)(C)N1CCNCC1)c1cc(Br)cs1. The first-order valence-electron chi connectivity index (χ1n) is 6.40. The molecule has 0 bridgehead atoms. The summed E-state index contributed by atoms with van der Waals surface area (Å²) in [6.45, 7) is 10.3.